The van der Waals surface area contributed by atoms with Crippen LogP contribution < -0.4 is 0 Å². The van der Waals surface area contributed by atoms with Crippen LogP contribution in [-0.2, 0) is 11.3 Å². The molecule has 1 atom stereocenters. The standard InChI is InChI=1S/C21H19F2N3O/c22-17-6-4-15(5-7-17)13-26-10-11-27-19(14-26)21-20(24-8-9-25-21)16-2-1-3-18(23)12-16/h1-9,12,19H,10-11,13-14H2/t19-/m1/s1. The van der Waals surface area contributed by atoms with Gasteiger partial charge in [-0.05, 0) is 29.8 Å². The molecule has 1 aliphatic heterocycles. The van der Waals surface area contributed by atoms with Crippen molar-refractivity contribution in [3.05, 3.63) is 83.8 Å². The Kier molecular flexibility index (Phi) is 5.18. The number of halogens is 2. The predicted octanol–water partition coefficient (Wildman–Crippen LogP) is 4.00. The van der Waals surface area contributed by atoms with Gasteiger partial charge >= 0.3 is 0 Å². The highest BCUT2D eigenvalue weighted by molar-refractivity contribution is 5.61. The van der Waals surface area contributed by atoms with E-state index in [9.17, 15) is 8.78 Å². The summed E-state index contributed by atoms with van der Waals surface area (Å²) < 4.78 is 32.7. The summed E-state index contributed by atoms with van der Waals surface area (Å²) in [5.74, 6) is -0.551. The molecule has 0 unspecified atom stereocenters. The van der Waals surface area contributed by atoms with Crippen molar-refractivity contribution in [3.63, 3.8) is 0 Å². The van der Waals surface area contributed by atoms with Crippen LogP contribution in [0.1, 0.15) is 17.4 Å². The van der Waals surface area contributed by atoms with Gasteiger partial charge < -0.3 is 4.74 Å². The molecule has 3 aromatic rings. The number of morpholine rings is 1. The third-order valence-electron chi connectivity index (χ3n) is 4.60. The SMILES string of the molecule is Fc1ccc(CN2CCO[C@@H](c3nccnc3-c3cccc(F)c3)C2)cc1. The van der Waals surface area contributed by atoms with Crippen LogP contribution in [0.3, 0.4) is 0 Å². The van der Waals surface area contributed by atoms with Crippen molar-refractivity contribution < 1.29 is 13.5 Å². The van der Waals surface area contributed by atoms with Crippen LogP contribution in [0.2, 0.25) is 0 Å². The minimum absolute atomic E-state index is 0.238. The molecule has 0 N–H and O–H groups in total. The third kappa shape index (κ3) is 4.18. The lowest BCUT2D eigenvalue weighted by atomic mass is 10.0. The Morgan fingerprint density at radius 2 is 1.81 bits per heavy atom. The van der Waals surface area contributed by atoms with Crippen LogP contribution in [0.4, 0.5) is 8.78 Å². The van der Waals surface area contributed by atoms with Gasteiger partial charge in [-0.3, -0.25) is 14.9 Å². The van der Waals surface area contributed by atoms with Crippen molar-refractivity contribution in [3.8, 4) is 11.3 Å². The van der Waals surface area contributed by atoms with Gasteiger partial charge in [0.05, 0.1) is 18.0 Å². The van der Waals surface area contributed by atoms with Crippen molar-refractivity contribution in [1.82, 2.24) is 14.9 Å². The van der Waals surface area contributed by atoms with Crippen LogP contribution in [0, 0.1) is 11.6 Å². The van der Waals surface area contributed by atoms with Crippen LogP contribution >= 0.6 is 0 Å². The number of nitrogens with zero attached hydrogens (tertiary/aromatic N) is 3. The van der Waals surface area contributed by atoms with Gasteiger partial charge in [0.25, 0.3) is 0 Å². The lowest BCUT2D eigenvalue weighted by Crippen LogP contribution is -2.38. The molecule has 1 aromatic heterocycles. The quantitative estimate of drug-likeness (QED) is 0.699. The van der Waals surface area contributed by atoms with Crippen molar-refractivity contribution in [1.29, 1.82) is 0 Å². The fraction of sp³-hybridized carbons (Fsp3) is 0.238. The summed E-state index contributed by atoms with van der Waals surface area (Å²) in [6.07, 6.45) is 2.97. The summed E-state index contributed by atoms with van der Waals surface area (Å²) in [6, 6.07) is 12.9. The van der Waals surface area contributed by atoms with Gasteiger partial charge in [0, 0.05) is 37.6 Å². The third-order valence-corrected chi connectivity index (χ3v) is 4.60. The summed E-state index contributed by atoms with van der Waals surface area (Å²) in [5.41, 5.74) is 3.05. The number of rotatable bonds is 4. The maximum Gasteiger partial charge on any atom is 0.123 e. The zero-order chi connectivity index (χ0) is 18.6. The molecule has 1 aliphatic rings. The monoisotopic (exact) mass is 367 g/mol. The molecule has 0 radical (unpaired) electrons. The number of hydrogen-bond acceptors (Lipinski definition) is 4. The van der Waals surface area contributed by atoms with E-state index in [0.29, 0.717) is 36.6 Å². The average Bonchev–Trinajstić information content (AvgIpc) is 2.70. The van der Waals surface area contributed by atoms with Crippen LogP contribution in [0.5, 0.6) is 0 Å². The second-order valence-electron chi connectivity index (χ2n) is 6.52. The molecular weight excluding hydrogens is 348 g/mol. The van der Waals surface area contributed by atoms with Crippen molar-refractivity contribution >= 4 is 0 Å². The number of ether oxygens (including phenoxy) is 1. The minimum atomic E-state index is -0.313. The zero-order valence-electron chi connectivity index (χ0n) is 14.7. The summed E-state index contributed by atoms with van der Waals surface area (Å²) in [7, 11) is 0. The molecule has 27 heavy (non-hydrogen) atoms. The molecule has 2 heterocycles. The van der Waals surface area contributed by atoms with Gasteiger partial charge in [-0.25, -0.2) is 8.78 Å². The lowest BCUT2D eigenvalue weighted by molar-refractivity contribution is -0.0348. The Morgan fingerprint density at radius 1 is 1.00 bits per heavy atom. The van der Waals surface area contributed by atoms with E-state index in [1.165, 1.54) is 24.3 Å². The van der Waals surface area contributed by atoms with Gasteiger partial charge in [0.15, 0.2) is 0 Å². The second kappa shape index (κ2) is 7.90. The van der Waals surface area contributed by atoms with E-state index in [1.807, 2.05) is 6.07 Å². The Hall–Kier alpha value is -2.70. The second-order valence-corrected chi connectivity index (χ2v) is 6.52. The molecule has 1 fully saturated rings. The molecule has 6 heteroatoms. The smallest absolute Gasteiger partial charge is 0.123 e. The molecule has 1 saturated heterocycles. The summed E-state index contributed by atoms with van der Waals surface area (Å²) in [6.45, 7) is 2.68. The molecule has 4 nitrogen and oxygen atoms in total. The maximum atomic E-state index is 13.6. The number of benzene rings is 2. The van der Waals surface area contributed by atoms with E-state index in [4.69, 9.17) is 4.74 Å². The zero-order valence-corrected chi connectivity index (χ0v) is 14.7. The van der Waals surface area contributed by atoms with Gasteiger partial charge in [-0.2, -0.15) is 0 Å². The van der Waals surface area contributed by atoms with E-state index in [0.717, 1.165) is 12.1 Å². The van der Waals surface area contributed by atoms with E-state index < -0.39 is 0 Å². The van der Waals surface area contributed by atoms with Gasteiger partial charge in [0.1, 0.15) is 17.7 Å². The van der Waals surface area contributed by atoms with Gasteiger partial charge in [-0.15, -0.1) is 0 Å². The first-order valence-corrected chi connectivity index (χ1v) is 8.84. The van der Waals surface area contributed by atoms with Crippen molar-refractivity contribution in [2.24, 2.45) is 0 Å². The molecule has 2 aromatic carbocycles. The summed E-state index contributed by atoms with van der Waals surface area (Å²) >= 11 is 0. The summed E-state index contributed by atoms with van der Waals surface area (Å²) in [5, 5.41) is 0. The Bertz CT molecular complexity index is 917. The van der Waals surface area contributed by atoms with E-state index in [2.05, 4.69) is 14.9 Å². The van der Waals surface area contributed by atoms with Crippen LogP contribution in [0.25, 0.3) is 11.3 Å². The predicted molar refractivity (Wildman–Crippen MR) is 97.8 cm³/mol. The largest absolute Gasteiger partial charge is 0.369 e. The number of aromatic nitrogens is 2. The molecule has 0 saturated carbocycles. The molecular formula is C21H19F2N3O. The lowest BCUT2D eigenvalue weighted by Gasteiger charge is -2.33. The first kappa shape index (κ1) is 17.7. The molecule has 0 amide bonds. The first-order chi connectivity index (χ1) is 13.2. The molecule has 0 bridgehead atoms. The molecule has 0 spiro atoms. The van der Waals surface area contributed by atoms with Crippen LogP contribution in [-0.4, -0.2) is 34.6 Å². The molecule has 138 valence electrons. The Labute approximate surface area is 156 Å². The van der Waals surface area contributed by atoms with Crippen LogP contribution in [0.15, 0.2) is 60.9 Å². The normalized spacial score (nSPS) is 17.8. The first-order valence-electron chi connectivity index (χ1n) is 8.84. The van der Waals surface area contributed by atoms with Gasteiger partial charge in [-0.1, -0.05) is 24.3 Å². The van der Waals surface area contributed by atoms with E-state index in [1.54, 1.807) is 30.6 Å². The fourth-order valence-corrected chi connectivity index (χ4v) is 3.30. The van der Waals surface area contributed by atoms with E-state index in [-0.39, 0.29) is 17.7 Å². The minimum Gasteiger partial charge on any atom is -0.369 e. The maximum absolute atomic E-state index is 13.6. The van der Waals surface area contributed by atoms with Crippen molar-refractivity contribution in [2.75, 3.05) is 19.7 Å². The number of hydrogen-bond donors (Lipinski definition) is 0. The summed E-state index contributed by atoms with van der Waals surface area (Å²) in [4.78, 5) is 11.1. The van der Waals surface area contributed by atoms with E-state index >= 15 is 0 Å². The average molecular weight is 367 g/mol. The Balaban J connectivity index is 1.56. The van der Waals surface area contributed by atoms with Gasteiger partial charge in [0.2, 0.25) is 0 Å². The highest BCUT2D eigenvalue weighted by Crippen LogP contribution is 2.29. The highest BCUT2D eigenvalue weighted by Gasteiger charge is 2.26. The fourth-order valence-electron chi connectivity index (χ4n) is 3.30. The highest BCUT2D eigenvalue weighted by atomic mass is 19.1. The topological polar surface area (TPSA) is 38.2 Å². The molecule has 4 rings (SSSR count). The van der Waals surface area contributed by atoms with Crippen molar-refractivity contribution in [2.45, 2.75) is 12.6 Å². The molecule has 0 aliphatic carbocycles. The Morgan fingerprint density at radius 3 is 2.63 bits per heavy atom.